The zero-order valence-corrected chi connectivity index (χ0v) is 9.50. The Balaban J connectivity index is 2.77. The zero-order chi connectivity index (χ0) is 9.84. The van der Waals surface area contributed by atoms with Crippen LogP contribution in [0.3, 0.4) is 0 Å². The molecule has 2 nitrogen and oxygen atoms in total. The molecule has 0 radical (unpaired) electrons. The third-order valence-corrected chi connectivity index (χ3v) is 2.49. The summed E-state index contributed by atoms with van der Waals surface area (Å²) < 4.78 is 0.986. The molecule has 0 saturated heterocycles. The van der Waals surface area contributed by atoms with E-state index in [0.717, 1.165) is 22.2 Å². The molecule has 0 aromatic carbocycles. The Hall–Kier alpha value is -0.410. The van der Waals surface area contributed by atoms with Crippen LogP contribution < -0.4 is 0 Å². The van der Waals surface area contributed by atoms with Crippen LogP contribution in [0.15, 0.2) is 16.7 Å². The van der Waals surface area contributed by atoms with Crippen LogP contribution in [0.5, 0.6) is 0 Å². The van der Waals surface area contributed by atoms with Gasteiger partial charge in [0.25, 0.3) is 0 Å². The van der Waals surface area contributed by atoms with E-state index >= 15 is 0 Å². The number of halogens is 1. The first-order chi connectivity index (χ1) is 6.13. The number of aryl methyl sites for hydroxylation is 1. The third-order valence-electron chi connectivity index (χ3n) is 2.05. The lowest BCUT2D eigenvalue weighted by molar-refractivity contribution is 0.169. The van der Waals surface area contributed by atoms with Gasteiger partial charge in [-0.2, -0.15) is 0 Å². The highest BCUT2D eigenvalue weighted by Crippen LogP contribution is 2.14. The van der Waals surface area contributed by atoms with E-state index < -0.39 is 0 Å². The van der Waals surface area contributed by atoms with Crippen molar-refractivity contribution >= 4 is 15.9 Å². The molecular formula is C10H14BrNO. The number of aromatic nitrogens is 1. The predicted molar refractivity (Wildman–Crippen MR) is 56.7 cm³/mol. The van der Waals surface area contributed by atoms with Crippen molar-refractivity contribution < 1.29 is 5.11 Å². The van der Waals surface area contributed by atoms with Crippen LogP contribution in [-0.2, 0) is 6.42 Å². The molecule has 1 aromatic heterocycles. The summed E-state index contributed by atoms with van der Waals surface area (Å²) in [5, 5.41) is 9.45. The summed E-state index contributed by atoms with van der Waals surface area (Å²) in [7, 11) is 0. The second-order valence-corrected chi connectivity index (χ2v) is 4.10. The number of pyridine rings is 1. The molecule has 0 aliphatic heterocycles. The number of rotatable bonds is 3. The SMILES string of the molecule is CCC(O)Cc1ncc(Br)cc1C. The largest absolute Gasteiger partial charge is 0.393 e. The zero-order valence-electron chi connectivity index (χ0n) is 7.92. The molecule has 3 heteroatoms. The predicted octanol–water partition coefficient (Wildman–Crippen LogP) is 2.47. The summed E-state index contributed by atoms with van der Waals surface area (Å²) in [6.07, 6.45) is 2.92. The monoisotopic (exact) mass is 243 g/mol. The molecule has 0 fully saturated rings. The Morgan fingerprint density at radius 2 is 2.31 bits per heavy atom. The Morgan fingerprint density at radius 3 is 2.85 bits per heavy atom. The number of nitrogens with zero attached hydrogens (tertiary/aromatic N) is 1. The molecule has 1 heterocycles. The summed E-state index contributed by atoms with van der Waals surface area (Å²) in [5.74, 6) is 0. The van der Waals surface area contributed by atoms with Crippen molar-refractivity contribution in [3.05, 3.63) is 28.0 Å². The normalized spacial score (nSPS) is 12.9. The van der Waals surface area contributed by atoms with E-state index in [4.69, 9.17) is 0 Å². The smallest absolute Gasteiger partial charge is 0.0593 e. The van der Waals surface area contributed by atoms with Crippen LogP contribution in [0.2, 0.25) is 0 Å². The molecule has 0 aliphatic rings. The Morgan fingerprint density at radius 1 is 1.62 bits per heavy atom. The average molecular weight is 244 g/mol. The van der Waals surface area contributed by atoms with E-state index in [-0.39, 0.29) is 6.10 Å². The quantitative estimate of drug-likeness (QED) is 0.885. The minimum atomic E-state index is -0.271. The van der Waals surface area contributed by atoms with Gasteiger partial charge in [0.05, 0.1) is 6.10 Å². The molecule has 1 aromatic rings. The molecule has 0 bridgehead atoms. The molecule has 1 N–H and O–H groups in total. The van der Waals surface area contributed by atoms with E-state index in [1.165, 1.54) is 0 Å². The van der Waals surface area contributed by atoms with Crippen LogP contribution >= 0.6 is 15.9 Å². The van der Waals surface area contributed by atoms with Crippen molar-refractivity contribution in [1.82, 2.24) is 4.98 Å². The first kappa shape index (κ1) is 10.7. The van der Waals surface area contributed by atoms with E-state index in [9.17, 15) is 5.11 Å². The fourth-order valence-corrected chi connectivity index (χ4v) is 1.60. The van der Waals surface area contributed by atoms with Gasteiger partial charge in [-0.15, -0.1) is 0 Å². The highest BCUT2D eigenvalue weighted by atomic mass is 79.9. The van der Waals surface area contributed by atoms with Gasteiger partial charge in [-0.25, -0.2) is 0 Å². The fourth-order valence-electron chi connectivity index (χ4n) is 1.15. The lowest BCUT2D eigenvalue weighted by Gasteiger charge is -2.09. The second kappa shape index (κ2) is 4.72. The Kier molecular flexibility index (Phi) is 3.88. The van der Waals surface area contributed by atoms with Crippen LogP contribution in [0.1, 0.15) is 24.6 Å². The van der Waals surface area contributed by atoms with Gasteiger partial charge >= 0.3 is 0 Å². The summed E-state index contributed by atoms with van der Waals surface area (Å²) in [4.78, 5) is 4.26. The van der Waals surface area contributed by atoms with Crippen LogP contribution in [-0.4, -0.2) is 16.2 Å². The van der Waals surface area contributed by atoms with Crippen molar-refractivity contribution in [2.45, 2.75) is 32.8 Å². The molecule has 0 saturated carbocycles. The van der Waals surface area contributed by atoms with Gasteiger partial charge in [0.15, 0.2) is 0 Å². The first-order valence-corrected chi connectivity index (χ1v) is 5.22. The lowest BCUT2D eigenvalue weighted by Crippen LogP contribution is -2.10. The topological polar surface area (TPSA) is 33.1 Å². The van der Waals surface area contributed by atoms with Gasteiger partial charge < -0.3 is 5.11 Å². The van der Waals surface area contributed by atoms with Crippen molar-refractivity contribution in [3.8, 4) is 0 Å². The number of hydrogen-bond donors (Lipinski definition) is 1. The van der Waals surface area contributed by atoms with Crippen molar-refractivity contribution in [3.63, 3.8) is 0 Å². The highest BCUT2D eigenvalue weighted by molar-refractivity contribution is 9.10. The molecule has 72 valence electrons. The number of aliphatic hydroxyl groups excluding tert-OH is 1. The van der Waals surface area contributed by atoms with E-state index in [1.807, 2.05) is 19.9 Å². The highest BCUT2D eigenvalue weighted by Gasteiger charge is 2.06. The van der Waals surface area contributed by atoms with Crippen molar-refractivity contribution in [1.29, 1.82) is 0 Å². The minimum absolute atomic E-state index is 0.271. The summed E-state index contributed by atoms with van der Waals surface area (Å²) in [5.41, 5.74) is 2.11. The third kappa shape index (κ3) is 3.08. The van der Waals surface area contributed by atoms with E-state index in [1.54, 1.807) is 6.20 Å². The fraction of sp³-hybridized carbons (Fsp3) is 0.500. The molecular weight excluding hydrogens is 230 g/mol. The number of hydrogen-bond acceptors (Lipinski definition) is 2. The maximum atomic E-state index is 9.45. The molecule has 0 aliphatic carbocycles. The maximum absolute atomic E-state index is 9.45. The molecule has 0 spiro atoms. The first-order valence-electron chi connectivity index (χ1n) is 4.42. The van der Waals surface area contributed by atoms with Crippen molar-refractivity contribution in [2.24, 2.45) is 0 Å². The standard InChI is InChI=1S/C10H14BrNO/c1-3-9(13)5-10-7(2)4-8(11)6-12-10/h4,6,9,13H,3,5H2,1-2H3. The minimum Gasteiger partial charge on any atom is -0.393 e. The lowest BCUT2D eigenvalue weighted by atomic mass is 10.1. The molecule has 1 rings (SSSR count). The maximum Gasteiger partial charge on any atom is 0.0593 e. The second-order valence-electron chi connectivity index (χ2n) is 3.18. The number of aliphatic hydroxyl groups is 1. The van der Waals surface area contributed by atoms with Crippen LogP contribution in [0.4, 0.5) is 0 Å². The molecule has 13 heavy (non-hydrogen) atoms. The molecule has 1 atom stereocenters. The summed E-state index contributed by atoms with van der Waals surface area (Å²) >= 11 is 3.35. The van der Waals surface area contributed by atoms with Crippen molar-refractivity contribution in [2.75, 3.05) is 0 Å². The molecule has 1 unspecified atom stereocenters. The van der Waals surface area contributed by atoms with Gasteiger partial charge in [0, 0.05) is 22.8 Å². The average Bonchev–Trinajstić information content (AvgIpc) is 2.09. The van der Waals surface area contributed by atoms with Gasteiger partial charge in [-0.1, -0.05) is 6.92 Å². The van der Waals surface area contributed by atoms with Gasteiger partial charge in [0.1, 0.15) is 0 Å². The Labute approximate surface area is 87.1 Å². The van der Waals surface area contributed by atoms with Gasteiger partial charge in [-0.3, -0.25) is 4.98 Å². The van der Waals surface area contributed by atoms with Gasteiger partial charge in [0.2, 0.25) is 0 Å². The Bertz CT molecular complexity index is 288. The van der Waals surface area contributed by atoms with Crippen LogP contribution in [0.25, 0.3) is 0 Å². The van der Waals surface area contributed by atoms with E-state index in [0.29, 0.717) is 6.42 Å². The molecule has 0 amide bonds. The van der Waals surface area contributed by atoms with E-state index in [2.05, 4.69) is 20.9 Å². The summed E-state index contributed by atoms with van der Waals surface area (Å²) in [6, 6.07) is 2.02. The van der Waals surface area contributed by atoms with Crippen LogP contribution in [0, 0.1) is 6.92 Å². The summed E-state index contributed by atoms with van der Waals surface area (Å²) in [6.45, 7) is 3.98. The van der Waals surface area contributed by atoms with Gasteiger partial charge in [-0.05, 0) is 40.9 Å².